The van der Waals surface area contributed by atoms with E-state index < -0.39 is 5.97 Å². The van der Waals surface area contributed by atoms with Crippen molar-refractivity contribution in [3.05, 3.63) is 29.8 Å². The summed E-state index contributed by atoms with van der Waals surface area (Å²) in [6.45, 7) is 0.876. The van der Waals surface area contributed by atoms with Crippen LogP contribution in [0.5, 0.6) is 5.75 Å². The first-order chi connectivity index (χ1) is 12.4. The molecular weight excluding hydrogens is 336 g/mol. The Balaban J connectivity index is 1.91. The van der Waals surface area contributed by atoms with Crippen LogP contribution in [0.25, 0.3) is 0 Å². The highest BCUT2D eigenvalue weighted by atomic mass is 16.5. The van der Waals surface area contributed by atoms with Crippen molar-refractivity contribution >= 4 is 17.8 Å². The van der Waals surface area contributed by atoms with Crippen molar-refractivity contribution in [2.75, 3.05) is 40.9 Å². The van der Waals surface area contributed by atoms with Gasteiger partial charge in [0.2, 0.25) is 11.8 Å². The lowest BCUT2D eigenvalue weighted by molar-refractivity contribution is -0.149. The van der Waals surface area contributed by atoms with E-state index in [1.807, 2.05) is 24.3 Å². The van der Waals surface area contributed by atoms with Gasteiger partial charge < -0.3 is 19.3 Å². The summed E-state index contributed by atoms with van der Waals surface area (Å²) < 4.78 is 9.73. The van der Waals surface area contributed by atoms with Crippen LogP contribution >= 0.6 is 0 Å². The predicted octanol–water partition coefficient (Wildman–Crippen LogP) is 1.11. The Bertz CT molecular complexity index is 644. The van der Waals surface area contributed by atoms with E-state index in [1.54, 1.807) is 19.1 Å². The first kappa shape index (κ1) is 19.8. The fourth-order valence-corrected chi connectivity index (χ4v) is 3.04. The molecule has 0 aliphatic carbocycles. The number of methoxy groups -OCH3 is 2. The van der Waals surface area contributed by atoms with Gasteiger partial charge in [0.25, 0.3) is 0 Å². The normalized spacial score (nSPS) is 17.0. The van der Waals surface area contributed by atoms with Gasteiger partial charge in [-0.2, -0.15) is 0 Å². The van der Waals surface area contributed by atoms with Crippen LogP contribution in [0.3, 0.4) is 0 Å². The van der Waals surface area contributed by atoms with Gasteiger partial charge in [-0.15, -0.1) is 0 Å². The summed E-state index contributed by atoms with van der Waals surface area (Å²) in [4.78, 5) is 39.1. The third kappa shape index (κ3) is 5.21. The highest BCUT2D eigenvalue weighted by Crippen LogP contribution is 2.20. The van der Waals surface area contributed by atoms with E-state index in [0.29, 0.717) is 32.4 Å². The van der Waals surface area contributed by atoms with Crippen molar-refractivity contribution in [2.24, 2.45) is 5.92 Å². The number of rotatable bonds is 7. The molecule has 1 aliphatic heterocycles. The van der Waals surface area contributed by atoms with E-state index in [-0.39, 0.29) is 24.3 Å². The van der Waals surface area contributed by atoms with Gasteiger partial charge in [0, 0.05) is 26.6 Å². The maximum absolute atomic E-state index is 12.5. The van der Waals surface area contributed by atoms with Gasteiger partial charge in [0.1, 0.15) is 12.3 Å². The van der Waals surface area contributed by atoms with Crippen molar-refractivity contribution in [2.45, 2.75) is 19.3 Å². The van der Waals surface area contributed by atoms with Gasteiger partial charge in [-0.25, -0.2) is 0 Å². The number of piperidine rings is 1. The molecule has 0 spiro atoms. The van der Waals surface area contributed by atoms with E-state index in [9.17, 15) is 14.4 Å². The molecule has 0 aromatic heterocycles. The molecule has 0 bridgehead atoms. The zero-order chi connectivity index (χ0) is 19.1. The fourth-order valence-electron chi connectivity index (χ4n) is 3.04. The summed E-state index contributed by atoms with van der Waals surface area (Å²) in [5.41, 5.74) is 1.11. The molecule has 2 amide bonds. The fraction of sp³-hybridized carbons (Fsp3) is 0.526. The largest absolute Gasteiger partial charge is 0.497 e. The molecule has 1 saturated heterocycles. The summed E-state index contributed by atoms with van der Waals surface area (Å²) in [7, 11) is 4.49. The Hall–Kier alpha value is -2.57. The van der Waals surface area contributed by atoms with E-state index in [4.69, 9.17) is 4.74 Å². The van der Waals surface area contributed by atoms with Gasteiger partial charge in [-0.05, 0) is 30.5 Å². The number of hydrogen-bond acceptors (Lipinski definition) is 5. The molecule has 0 N–H and O–H groups in total. The third-order valence-electron chi connectivity index (χ3n) is 4.65. The van der Waals surface area contributed by atoms with Crippen molar-refractivity contribution < 1.29 is 23.9 Å². The van der Waals surface area contributed by atoms with Gasteiger partial charge in [0.15, 0.2) is 0 Å². The Morgan fingerprint density at radius 3 is 2.54 bits per heavy atom. The van der Waals surface area contributed by atoms with E-state index in [1.165, 1.54) is 12.0 Å². The zero-order valence-electron chi connectivity index (χ0n) is 15.6. The van der Waals surface area contributed by atoms with E-state index in [2.05, 4.69) is 4.74 Å². The van der Waals surface area contributed by atoms with Crippen LogP contribution in [-0.4, -0.2) is 68.5 Å². The molecule has 0 saturated carbocycles. The van der Waals surface area contributed by atoms with Crippen LogP contribution < -0.4 is 4.74 Å². The van der Waals surface area contributed by atoms with E-state index in [0.717, 1.165) is 11.3 Å². The molecule has 1 aromatic rings. The monoisotopic (exact) mass is 362 g/mol. The maximum Gasteiger partial charge on any atom is 0.325 e. The van der Waals surface area contributed by atoms with E-state index >= 15 is 0 Å². The number of benzene rings is 1. The van der Waals surface area contributed by atoms with Crippen LogP contribution in [-0.2, 0) is 25.5 Å². The number of amides is 2. The molecule has 1 aromatic carbocycles. The minimum atomic E-state index is -0.455. The molecule has 7 heteroatoms. The second-order valence-electron chi connectivity index (χ2n) is 6.44. The topological polar surface area (TPSA) is 76.2 Å². The first-order valence-electron chi connectivity index (χ1n) is 8.67. The van der Waals surface area contributed by atoms with Crippen molar-refractivity contribution in [1.82, 2.24) is 9.80 Å². The lowest BCUT2D eigenvalue weighted by Gasteiger charge is -2.33. The van der Waals surface area contributed by atoms with Crippen molar-refractivity contribution in [3.63, 3.8) is 0 Å². The number of carbonyl (C=O) groups is 3. The standard InChI is InChI=1S/C19H26N2O5/c1-20(13-18(23)26-3)19(24)15-6-9-17(22)21(12-15)11-10-14-4-7-16(25-2)8-5-14/h4-5,7-8,15H,6,9-13H2,1-3H3/t15-/m1/s1. The highest BCUT2D eigenvalue weighted by Gasteiger charge is 2.32. The smallest absolute Gasteiger partial charge is 0.325 e. The Morgan fingerprint density at radius 1 is 1.23 bits per heavy atom. The number of carbonyl (C=O) groups excluding carboxylic acids is 3. The molecule has 1 heterocycles. The average molecular weight is 362 g/mol. The van der Waals surface area contributed by atoms with Gasteiger partial charge in [-0.3, -0.25) is 14.4 Å². The van der Waals surface area contributed by atoms with Crippen LogP contribution in [0.1, 0.15) is 18.4 Å². The molecule has 2 rings (SSSR count). The predicted molar refractivity (Wildman–Crippen MR) is 95.7 cm³/mol. The molecule has 26 heavy (non-hydrogen) atoms. The number of ether oxygens (including phenoxy) is 2. The lowest BCUT2D eigenvalue weighted by atomic mass is 9.95. The Morgan fingerprint density at radius 2 is 1.92 bits per heavy atom. The first-order valence-corrected chi connectivity index (χ1v) is 8.67. The Kier molecular flexibility index (Phi) is 7.00. The molecule has 7 nitrogen and oxygen atoms in total. The third-order valence-corrected chi connectivity index (χ3v) is 4.65. The molecular formula is C19H26N2O5. The van der Waals surface area contributed by atoms with Crippen LogP contribution in [0.4, 0.5) is 0 Å². The second-order valence-corrected chi connectivity index (χ2v) is 6.44. The molecule has 0 unspecified atom stereocenters. The summed E-state index contributed by atoms with van der Waals surface area (Å²) >= 11 is 0. The maximum atomic E-state index is 12.5. The number of esters is 1. The summed E-state index contributed by atoms with van der Waals surface area (Å²) in [6, 6.07) is 7.73. The quantitative estimate of drug-likeness (QED) is 0.679. The summed E-state index contributed by atoms with van der Waals surface area (Å²) in [5.74, 6) is -0.0000425. The zero-order valence-corrected chi connectivity index (χ0v) is 15.6. The number of likely N-dealkylation sites (tertiary alicyclic amines) is 1. The minimum Gasteiger partial charge on any atom is -0.497 e. The van der Waals surface area contributed by atoms with Crippen LogP contribution in [0.15, 0.2) is 24.3 Å². The molecule has 1 aliphatic rings. The van der Waals surface area contributed by atoms with Crippen LogP contribution in [0, 0.1) is 5.92 Å². The highest BCUT2D eigenvalue weighted by molar-refractivity contribution is 5.86. The lowest BCUT2D eigenvalue weighted by Crippen LogP contribution is -2.47. The molecule has 142 valence electrons. The Labute approximate surface area is 153 Å². The van der Waals surface area contributed by atoms with Crippen molar-refractivity contribution in [3.8, 4) is 5.75 Å². The van der Waals surface area contributed by atoms with Gasteiger partial charge in [-0.1, -0.05) is 12.1 Å². The SMILES string of the molecule is COC(=O)CN(C)C(=O)[C@@H]1CCC(=O)N(CCc2ccc(OC)cc2)C1. The van der Waals surface area contributed by atoms with Gasteiger partial charge >= 0.3 is 5.97 Å². The minimum absolute atomic E-state index is 0.0678. The number of likely N-dealkylation sites (N-methyl/N-ethyl adjacent to an activating group) is 1. The summed E-state index contributed by atoms with van der Waals surface area (Å²) in [6.07, 6.45) is 1.59. The molecule has 1 fully saturated rings. The van der Waals surface area contributed by atoms with Gasteiger partial charge in [0.05, 0.1) is 20.1 Å². The molecule has 1 atom stereocenters. The number of hydrogen-bond donors (Lipinski definition) is 0. The number of nitrogens with zero attached hydrogens (tertiary/aromatic N) is 2. The molecule has 0 radical (unpaired) electrons. The average Bonchev–Trinajstić information content (AvgIpc) is 2.67. The van der Waals surface area contributed by atoms with Crippen LogP contribution in [0.2, 0.25) is 0 Å². The van der Waals surface area contributed by atoms with Crippen molar-refractivity contribution in [1.29, 1.82) is 0 Å². The summed E-state index contributed by atoms with van der Waals surface area (Å²) in [5, 5.41) is 0. The second kappa shape index (κ2) is 9.22.